The van der Waals surface area contributed by atoms with Crippen molar-refractivity contribution in [2.75, 3.05) is 5.32 Å². The molecule has 3 aromatic heterocycles. The van der Waals surface area contributed by atoms with Gasteiger partial charge >= 0.3 is 0 Å². The Morgan fingerprint density at radius 2 is 2.25 bits per heavy atom. The molecule has 3 heterocycles. The number of aliphatic hydroxyl groups is 1. The number of H-pyrrole nitrogens is 1. The predicted molar refractivity (Wildman–Crippen MR) is 96.6 cm³/mol. The van der Waals surface area contributed by atoms with Crippen LogP contribution in [0.2, 0.25) is 0 Å². The third-order valence-electron chi connectivity index (χ3n) is 4.23. The van der Waals surface area contributed by atoms with E-state index < -0.39 is 0 Å². The number of rotatable bonds is 3. The predicted octanol–water partition coefficient (Wildman–Crippen LogP) is 4.19. The van der Waals surface area contributed by atoms with Crippen LogP contribution in [0.1, 0.15) is 16.7 Å². The van der Waals surface area contributed by atoms with Crippen LogP contribution in [-0.2, 0) is 6.61 Å². The highest BCUT2D eigenvalue weighted by atomic mass is 32.1. The highest BCUT2D eigenvalue weighted by molar-refractivity contribution is 7.17. The van der Waals surface area contributed by atoms with Gasteiger partial charge in [0, 0.05) is 34.4 Å². The number of aromatic amines is 1. The fourth-order valence-electron chi connectivity index (χ4n) is 2.95. The molecule has 24 heavy (non-hydrogen) atoms. The van der Waals surface area contributed by atoms with Gasteiger partial charge < -0.3 is 15.4 Å². The Morgan fingerprint density at radius 3 is 3.04 bits per heavy atom. The van der Waals surface area contributed by atoms with Crippen molar-refractivity contribution < 1.29 is 5.11 Å². The summed E-state index contributed by atoms with van der Waals surface area (Å²) in [5, 5.41) is 26.3. The van der Waals surface area contributed by atoms with Gasteiger partial charge in [0.25, 0.3) is 0 Å². The van der Waals surface area contributed by atoms with Crippen molar-refractivity contribution in [3.05, 3.63) is 52.7 Å². The number of nitriles is 1. The summed E-state index contributed by atoms with van der Waals surface area (Å²) < 4.78 is 0. The summed E-state index contributed by atoms with van der Waals surface area (Å²) in [6, 6.07) is 8.23. The van der Waals surface area contributed by atoms with Crippen molar-refractivity contribution >= 4 is 43.8 Å². The molecule has 0 bridgehead atoms. The molecule has 118 valence electrons. The van der Waals surface area contributed by atoms with Crippen LogP contribution >= 0.6 is 11.3 Å². The van der Waals surface area contributed by atoms with E-state index in [1.807, 2.05) is 36.7 Å². The first-order valence-corrected chi connectivity index (χ1v) is 8.34. The number of thiophene rings is 1. The van der Waals surface area contributed by atoms with Gasteiger partial charge in [0.05, 0.1) is 17.9 Å². The first-order chi connectivity index (χ1) is 11.7. The van der Waals surface area contributed by atoms with Crippen LogP contribution in [0.4, 0.5) is 11.4 Å². The monoisotopic (exact) mass is 334 g/mol. The summed E-state index contributed by atoms with van der Waals surface area (Å²) >= 11 is 1.47. The second-order valence-corrected chi connectivity index (χ2v) is 6.42. The molecular weight excluding hydrogens is 320 g/mol. The number of benzene rings is 1. The van der Waals surface area contributed by atoms with Crippen molar-refractivity contribution in [1.82, 2.24) is 9.97 Å². The van der Waals surface area contributed by atoms with Gasteiger partial charge in [0.1, 0.15) is 10.9 Å². The third-order valence-corrected chi connectivity index (χ3v) is 5.17. The quantitative estimate of drug-likeness (QED) is 0.524. The maximum absolute atomic E-state index is 9.61. The van der Waals surface area contributed by atoms with Crippen LogP contribution in [-0.4, -0.2) is 15.1 Å². The maximum Gasteiger partial charge on any atom is 0.125 e. The first kappa shape index (κ1) is 14.7. The van der Waals surface area contributed by atoms with E-state index in [0.29, 0.717) is 11.3 Å². The number of hydrogen-bond donors (Lipinski definition) is 3. The molecule has 1 aromatic carbocycles. The fraction of sp³-hybridized carbons (Fsp3) is 0.111. The molecule has 0 spiro atoms. The molecule has 0 fully saturated rings. The number of fused-ring (bicyclic) bond motifs is 2. The van der Waals surface area contributed by atoms with Crippen LogP contribution < -0.4 is 5.32 Å². The summed E-state index contributed by atoms with van der Waals surface area (Å²) in [6.45, 7) is 1.96. The van der Waals surface area contributed by atoms with E-state index in [2.05, 4.69) is 21.4 Å². The first-order valence-electron chi connectivity index (χ1n) is 7.46. The molecule has 0 amide bonds. The largest absolute Gasteiger partial charge is 0.392 e. The van der Waals surface area contributed by atoms with Crippen molar-refractivity contribution in [2.24, 2.45) is 0 Å². The summed E-state index contributed by atoms with van der Waals surface area (Å²) in [7, 11) is 0. The third kappa shape index (κ3) is 2.14. The zero-order valence-corrected chi connectivity index (χ0v) is 13.7. The molecule has 0 saturated carbocycles. The van der Waals surface area contributed by atoms with Gasteiger partial charge in [-0.15, -0.1) is 11.3 Å². The Kier molecular flexibility index (Phi) is 3.45. The number of anilines is 2. The molecule has 4 rings (SSSR count). The number of nitrogens with zero attached hydrogens (tertiary/aromatic N) is 2. The molecule has 4 aromatic rings. The van der Waals surface area contributed by atoms with Crippen LogP contribution in [0.5, 0.6) is 0 Å². The van der Waals surface area contributed by atoms with Crippen molar-refractivity contribution in [2.45, 2.75) is 13.5 Å². The van der Waals surface area contributed by atoms with Gasteiger partial charge in [0.2, 0.25) is 0 Å². The van der Waals surface area contributed by atoms with Gasteiger partial charge in [0.15, 0.2) is 0 Å². The highest BCUT2D eigenvalue weighted by Crippen LogP contribution is 2.36. The van der Waals surface area contributed by atoms with Crippen molar-refractivity contribution in [1.29, 1.82) is 5.26 Å². The maximum atomic E-state index is 9.61. The molecule has 0 aliphatic heterocycles. The molecule has 5 nitrogen and oxygen atoms in total. The molecule has 0 aliphatic carbocycles. The Hall–Kier alpha value is -2.88. The van der Waals surface area contributed by atoms with Crippen LogP contribution in [0.15, 0.2) is 36.0 Å². The molecule has 3 N–H and O–H groups in total. The summed E-state index contributed by atoms with van der Waals surface area (Å²) in [4.78, 5) is 8.33. The summed E-state index contributed by atoms with van der Waals surface area (Å²) in [5.41, 5.74) is 5.05. The standard InChI is InChI=1S/C18H14N4OS/c1-10-13-4-5-20-15(13)3-2-14(10)22-17-11(6-19)7-21-18-16(17)12(8-23)9-24-18/h2-5,7,9,20,23H,8H2,1H3,(H,21,22). The fourth-order valence-corrected chi connectivity index (χ4v) is 3.86. The number of hydrogen-bond acceptors (Lipinski definition) is 5. The lowest BCUT2D eigenvalue weighted by atomic mass is 10.1. The minimum absolute atomic E-state index is 0.0823. The Balaban J connectivity index is 1.93. The zero-order chi connectivity index (χ0) is 16.7. The van der Waals surface area contributed by atoms with E-state index in [9.17, 15) is 10.4 Å². The molecule has 0 aliphatic rings. The SMILES string of the molecule is Cc1c(Nc2c(C#N)cnc3scc(CO)c23)ccc2[nH]ccc12. The van der Waals surface area contributed by atoms with Crippen LogP contribution in [0.3, 0.4) is 0 Å². The summed E-state index contributed by atoms with van der Waals surface area (Å²) in [5.74, 6) is 0. The number of aromatic nitrogens is 2. The lowest BCUT2D eigenvalue weighted by Crippen LogP contribution is -1.99. The molecular formula is C18H14N4OS. The normalized spacial score (nSPS) is 11.0. The van der Waals surface area contributed by atoms with Crippen molar-refractivity contribution in [3.63, 3.8) is 0 Å². The van der Waals surface area contributed by atoms with Gasteiger partial charge in [-0.05, 0) is 41.6 Å². The molecule has 6 heteroatoms. The average Bonchev–Trinajstić information content (AvgIpc) is 3.24. The molecule has 0 saturated heterocycles. The minimum Gasteiger partial charge on any atom is -0.392 e. The van der Waals surface area contributed by atoms with Crippen LogP contribution in [0.25, 0.3) is 21.1 Å². The number of nitrogens with one attached hydrogen (secondary N) is 2. The summed E-state index contributed by atoms with van der Waals surface area (Å²) in [6.07, 6.45) is 3.49. The van der Waals surface area contributed by atoms with E-state index in [0.717, 1.165) is 37.9 Å². The van der Waals surface area contributed by atoms with E-state index in [1.165, 1.54) is 11.3 Å². The van der Waals surface area contributed by atoms with E-state index in [4.69, 9.17) is 0 Å². The zero-order valence-electron chi connectivity index (χ0n) is 12.9. The highest BCUT2D eigenvalue weighted by Gasteiger charge is 2.15. The molecule has 0 radical (unpaired) electrons. The van der Waals surface area contributed by atoms with E-state index in [-0.39, 0.29) is 6.61 Å². The molecule has 0 atom stereocenters. The molecule has 0 unspecified atom stereocenters. The topological polar surface area (TPSA) is 84.7 Å². The van der Waals surface area contributed by atoms with E-state index >= 15 is 0 Å². The Labute approximate surface area is 142 Å². The van der Waals surface area contributed by atoms with Crippen LogP contribution in [0, 0.1) is 18.3 Å². The van der Waals surface area contributed by atoms with E-state index in [1.54, 1.807) is 6.20 Å². The van der Waals surface area contributed by atoms with Gasteiger partial charge in [-0.25, -0.2) is 4.98 Å². The second-order valence-electron chi connectivity index (χ2n) is 5.56. The van der Waals surface area contributed by atoms with Gasteiger partial charge in [-0.3, -0.25) is 0 Å². The average molecular weight is 334 g/mol. The number of aryl methyl sites for hydroxylation is 1. The van der Waals surface area contributed by atoms with Gasteiger partial charge in [-0.2, -0.15) is 5.26 Å². The lowest BCUT2D eigenvalue weighted by Gasteiger charge is -2.13. The lowest BCUT2D eigenvalue weighted by molar-refractivity contribution is 0.284. The van der Waals surface area contributed by atoms with Crippen molar-refractivity contribution in [3.8, 4) is 6.07 Å². The Morgan fingerprint density at radius 1 is 1.38 bits per heavy atom. The smallest absolute Gasteiger partial charge is 0.125 e. The minimum atomic E-state index is -0.0823. The number of pyridine rings is 1. The Bertz CT molecular complexity index is 1100. The number of aliphatic hydroxyl groups excluding tert-OH is 1. The van der Waals surface area contributed by atoms with Gasteiger partial charge in [-0.1, -0.05) is 0 Å². The second kappa shape index (κ2) is 5.64.